The Balaban J connectivity index is 2.55. The summed E-state index contributed by atoms with van der Waals surface area (Å²) < 4.78 is 4.79. The van der Waals surface area contributed by atoms with Crippen molar-refractivity contribution in [3.8, 4) is 0 Å². The number of hydrogen-bond acceptors (Lipinski definition) is 4. The second-order valence-corrected chi connectivity index (χ2v) is 4.83. The molecule has 1 N–H and O–H groups in total. The fourth-order valence-electron chi connectivity index (χ4n) is 2.14. The molecule has 0 saturated carbocycles. The molecule has 2 rings (SSSR count). The van der Waals surface area contributed by atoms with Crippen LogP contribution in [0.1, 0.15) is 25.8 Å². The lowest BCUT2D eigenvalue weighted by Crippen LogP contribution is -2.31. The Hall–Kier alpha value is -2.17. The number of rotatable bonds is 3. The number of carbonyl (C=O) groups is 2. The molecule has 0 aromatic heterocycles. The standard InChI is InChI=1S/C15H18N2O3/c1-4-9(2)12-14(18)16-11-8-6-5-7-10(11)13(17-12)15(19)20-3/h5-9,12H,4H2,1-3H3,(H,16,18)/t9-,12?/m0/s1. The summed E-state index contributed by atoms with van der Waals surface area (Å²) in [5.74, 6) is -0.670. The number of aliphatic imine (C=N–C) groups is 1. The molecule has 1 aliphatic heterocycles. The van der Waals surface area contributed by atoms with Crippen molar-refractivity contribution in [2.75, 3.05) is 12.4 Å². The molecule has 0 bridgehead atoms. The summed E-state index contributed by atoms with van der Waals surface area (Å²) >= 11 is 0. The van der Waals surface area contributed by atoms with E-state index in [-0.39, 0.29) is 17.5 Å². The van der Waals surface area contributed by atoms with Gasteiger partial charge in [0.05, 0.1) is 12.8 Å². The smallest absolute Gasteiger partial charge is 0.356 e. The Bertz CT molecular complexity index is 566. The molecule has 0 spiro atoms. The molecule has 20 heavy (non-hydrogen) atoms. The maximum absolute atomic E-state index is 12.3. The second kappa shape index (κ2) is 5.86. The fourth-order valence-corrected chi connectivity index (χ4v) is 2.14. The van der Waals surface area contributed by atoms with Crippen molar-refractivity contribution in [3.63, 3.8) is 0 Å². The van der Waals surface area contributed by atoms with Gasteiger partial charge in [-0.25, -0.2) is 4.79 Å². The number of esters is 1. The average Bonchev–Trinajstić information content (AvgIpc) is 2.62. The van der Waals surface area contributed by atoms with Crippen molar-refractivity contribution < 1.29 is 14.3 Å². The number of benzodiazepines with no additional fused rings is 1. The van der Waals surface area contributed by atoms with Gasteiger partial charge in [0, 0.05) is 5.56 Å². The summed E-state index contributed by atoms with van der Waals surface area (Å²) in [7, 11) is 1.31. The van der Waals surface area contributed by atoms with Gasteiger partial charge in [0.25, 0.3) is 0 Å². The summed E-state index contributed by atoms with van der Waals surface area (Å²) in [4.78, 5) is 28.6. The average molecular weight is 274 g/mol. The molecule has 106 valence electrons. The highest BCUT2D eigenvalue weighted by molar-refractivity contribution is 6.45. The molecule has 1 unspecified atom stereocenters. The number of nitrogens with zero attached hydrogens (tertiary/aromatic N) is 1. The minimum absolute atomic E-state index is 0.0453. The van der Waals surface area contributed by atoms with Crippen molar-refractivity contribution in [3.05, 3.63) is 29.8 Å². The zero-order valence-corrected chi connectivity index (χ0v) is 11.8. The summed E-state index contributed by atoms with van der Waals surface area (Å²) in [5, 5.41) is 2.84. The van der Waals surface area contributed by atoms with Crippen molar-refractivity contribution in [2.45, 2.75) is 26.3 Å². The molecule has 1 heterocycles. The minimum Gasteiger partial charge on any atom is -0.464 e. The fraction of sp³-hybridized carbons (Fsp3) is 0.400. The van der Waals surface area contributed by atoms with E-state index in [0.717, 1.165) is 6.42 Å². The number of methoxy groups -OCH3 is 1. The lowest BCUT2D eigenvalue weighted by molar-refractivity contribution is -0.132. The van der Waals surface area contributed by atoms with Crippen molar-refractivity contribution in [1.29, 1.82) is 0 Å². The van der Waals surface area contributed by atoms with Crippen LogP contribution in [0.15, 0.2) is 29.3 Å². The molecule has 0 saturated heterocycles. The van der Waals surface area contributed by atoms with Gasteiger partial charge in [-0.1, -0.05) is 38.5 Å². The van der Waals surface area contributed by atoms with Crippen LogP contribution < -0.4 is 5.32 Å². The van der Waals surface area contributed by atoms with Gasteiger partial charge in [-0.05, 0) is 12.0 Å². The van der Waals surface area contributed by atoms with E-state index < -0.39 is 12.0 Å². The van der Waals surface area contributed by atoms with E-state index in [4.69, 9.17) is 4.74 Å². The van der Waals surface area contributed by atoms with E-state index in [1.807, 2.05) is 13.8 Å². The second-order valence-electron chi connectivity index (χ2n) is 4.83. The normalized spacial score (nSPS) is 19.2. The molecule has 0 radical (unpaired) electrons. The highest BCUT2D eigenvalue weighted by atomic mass is 16.5. The van der Waals surface area contributed by atoms with E-state index in [1.54, 1.807) is 24.3 Å². The van der Waals surface area contributed by atoms with Crippen LogP contribution in [0.5, 0.6) is 0 Å². The van der Waals surface area contributed by atoms with Gasteiger partial charge in [-0.2, -0.15) is 0 Å². The van der Waals surface area contributed by atoms with Crippen molar-refractivity contribution >= 4 is 23.3 Å². The summed E-state index contributed by atoms with van der Waals surface area (Å²) in [6.45, 7) is 3.93. The number of hydrogen-bond donors (Lipinski definition) is 1. The largest absolute Gasteiger partial charge is 0.464 e. The third-order valence-electron chi connectivity index (χ3n) is 3.54. The first-order valence-electron chi connectivity index (χ1n) is 6.64. The lowest BCUT2D eigenvalue weighted by Gasteiger charge is -2.16. The predicted molar refractivity (Wildman–Crippen MR) is 76.9 cm³/mol. The molecule has 1 aliphatic rings. The van der Waals surface area contributed by atoms with Crippen LogP contribution >= 0.6 is 0 Å². The minimum atomic E-state index is -0.582. The van der Waals surface area contributed by atoms with Crippen LogP contribution in [-0.4, -0.2) is 30.7 Å². The number of ether oxygens (including phenoxy) is 1. The molecule has 2 atom stereocenters. The Kier molecular flexibility index (Phi) is 4.17. The van der Waals surface area contributed by atoms with Crippen molar-refractivity contribution in [2.24, 2.45) is 10.9 Å². The zero-order valence-electron chi connectivity index (χ0n) is 11.8. The van der Waals surface area contributed by atoms with Crippen LogP contribution in [-0.2, 0) is 14.3 Å². The Morgan fingerprint density at radius 1 is 1.45 bits per heavy atom. The Labute approximate surface area is 118 Å². The molecular formula is C15H18N2O3. The van der Waals surface area contributed by atoms with Gasteiger partial charge in [0.2, 0.25) is 5.91 Å². The first kappa shape index (κ1) is 14.2. The first-order chi connectivity index (χ1) is 9.58. The molecule has 5 heteroatoms. The molecule has 5 nitrogen and oxygen atoms in total. The monoisotopic (exact) mass is 274 g/mol. The van der Waals surface area contributed by atoms with Crippen LogP contribution in [0.2, 0.25) is 0 Å². The van der Waals surface area contributed by atoms with Gasteiger partial charge in [0.15, 0.2) is 5.71 Å². The molecule has 1 aromatic rings. The van der Waals surface area contributed by atoms with E-state index in [2.05, 4.69) is 10.3 Å². The van der Waals surface area contributed by atoms with Crippen LogP contribution in [0, 0.1) is 5.92 Å². The number of amides is 1. The van der Waals surface area contributed by atoms with Gasteiger partial charge < -0.3 is 10.1 Å². The topological polar surface area (TPSA) is 67.8 Å². The van der Waals surface area contributed by atoms with Gasteiger partial charge >= 0.3 is 5.97 Å². The molecule has 1 aromatic carbocycles. The van der Waals surface area contributed by atoms with E-state index in [0.29, 0.717) is 11.3 Å². The van der Waals surface area contributed by atoms with Crippen LogP contribution in [0.4, 0.5) is 5.69 Å². The highest BCUT2D eigenvalue weighted by Crippen LogP contribution is 2.24. The number of anilines is 1. The predicted octanol–water partition coefficient (Wildman–Crippen LogP) is 2.02. The summed E-state index contributed by atoms with van der Waals surface area (Å²) in [5.41, 5.74) is 1.39. The SMILES string of the molecule is CC[C@H](C)C1N=C(C(=O)OC)c2ccccc2NC1=O. The van der Waals surface area contributed by atoms with E-state index >= 15 is 0 Å². The molecular weight excluding hydrogens is 256 g/mol. The first-order valence-corrected chi connectivity index (χ1v) is 6.64. The number of fused-ring (bicyclic) bond motifs is 1. The highest BCUT2D eigenvalue weighted by Gasteiger charge is 2.31. The number of para-hydroxylation sites is 1. The quantitative estimate of drug-likeness (QED) is 0.857. The maximum Gasteiger partial charge on any atom is 0.356 e. The van der Waals surface area contributed by atoms with Gasteiger partial charge in [0.1, 0.15) is 6.04 Å². The number of benzene rings is 1. The van der Waals surface area contributed by atoms with Gasteiger partial charge in [-0.15, -0.1) is 0 Å². The molecule has 0 fully saturated rings. The Morgan fingerprint density at radius 2 is 2.15 bits per heavy atom. The van der Waals surface area contributed by atoms with Gasteiger partial charge in [-0.3, -0.25) is 9.79 Å². The van der Waals surface area contributed by atoms with E-state index in [1.165, 1.54) is 7.11 Å². The summed E-state index contributed by atoms with van der Waals surface area (Å²) in [6.07, 6.45) is 0.798. The zero-order chi connectivity index (χ0) is 14.7. The Morgan fingerprint density at radius 3 is 2.80 bits per heavy atom. The van der Waals surface area contributed by atoms with Crippen LogP contribution in [0.3, 0.4) is 0 Å². The summed E-state index contributed by atoms with van der Waals surface area (Å²) in [6, 6.07) is 6.53. The van der Waals surface area contributed by atoms with Crippen molar-refractivity contribution in [1.82, 2.24) is 0 Å². The number of nitrogens with one attached hydrogen (secondary N) is 1. The lowest BCUT2D eigenvalue weighted by atomic mass is 9.99. The van der Waals surface area contributed by atoms with E-state index in [9.17, 15) is 9.59 Å². The number of carbonyl (C=O) groups excluding carboxylic acids is 2. The molecule has 0 aliphatic carbocycles. The third-order valence-corrected chi connectivity index (χ3v) is 3.54. The van der Waals surface area contributed by atoms with Crippen LogP contribution in [0.25, 0.3) is 0 Å². The third kappa shape index (κ3) is 2.57. The maximum atomic E-state index is 12.3. The molecule has 1 amide bonds.